The van der Waals surface area contributed by atoms with Crippen LogP contribution in [0.5, 0.6) is 0 Å². The minimum Gasteiger partial charge on any atom is -0.349 e. The van der Waals surface area contributed by atoms with E-state index >= 15 is 0 Å². The normalized spacial score (nSPS) is 22.6. The summed E-state index contributed by atoms with van der Waals surface area (Å²) in [6, 6.07) is 6.48. The van der Waals surface area contributed by atoms with Crippen molar-refractivity contribution in [1.29, 1.82) is 0 Å². The zero-order valence-electron chi connectivity index (χ0n) is 12.6. The molecule has 0 spiro atoms. The number of sulfone groups is 1. The van der Waals surface area contributed by atoms with Crippen LogP contribution in [0.4, 0.5) is 0 Å². The van der Waals surface area contributed by atoms with Gasteiger partial charge in [0.1, 0.15) is 0 Å². The zero-order valence-corrected chi connectivity index (χ0v) is 13.4. The van der Waals surface area contributed by atoms with E-state index in [1.54, 1.807) is 29.2 Å². The number of carbonyl (C=O) groups excluding carboxylic acids is 2. The first-order valence-electron chi connectivity index (χ1n) is 7.46. The highest BCUT2D eigenvalue weighted by Crippen LogP contribution is 2.32. The van der Waals surface area contributed by atoms with Crippen LogP contribution >= 0.6 is 0 Å². The average molecular weight is 334 g/mol. The number of benzene rings is 1. The molecule has 1 aromatic rings. The molecule has 3 rings (SSSR count). The van der Waals surface area contributed by atoms with Gasteiger partial charge >= 0.3 is 0 Å². The minimum absolute atomic E-state index is 0.0285. The van der Waals surface area contributed by atoms with E-state index in [-0.39, 0.29) is 29.5 Å². The fourth-order valence-corrected chi connectivity index (χ4v) is 4.60. The molecular formula is C16H18N2O4S. The van der Waals surface area contributed by atoms with Gasteiger partial charge in [0, 0.05) is 13.1 Å². The second kappa shape index (κ2) is 5.81. The molecule has 2 amide bonds. The lowest BCUT2D eigenvalue weighted by molar-refractivity contribution is -0.139. The van der Waals surface area contributed by atoms with Crippen molar-refractivity contribution < 1.29 is 18.0 Å². The number of nitrogens with zero attached hydrogens (tertiary/aromatic N) is 1. The van der Waals surface area contributed by atoms with E-state index in [9.17, 15) is 18.0 Å². The van der Waals surface area contributed by atoms with Gasteiger partial charge in [-0.1, -0.05) is 24.8 Å². The molecule has 0 aromatic heterocycles. The van der Waals surface area contributed by atoms with Crippen LogP contribution in [0, 0.1) is 5.92 Å². The number of rotatable bonds is 3. The van der Waals surface area contributed by atoms with Gasteiger partial charge in [0.05, 0.1) is 22.6 Å². The van der Waals surface area contributed by atoms with E-state index in [0.717, 1.165) is 0 Å². The first-order valence-corrected chi connectivity index (χ1v) is 9.11. The lowest BCUT2D eigenvalue weighted by atomic mass is 9.97. The summed E-state index contributed by atoms with van der Waals surface area (Å²) >= 11 is 0. The van der Waals surface area contributed by atoms with Crippen molar-refractivity contribution in [2.75, 3.05) is 18.8 Å². The molecule has 1 fully saturated rings. The Morgan fingerprint density at radius 3 is 2.65 bits per heavy atom. The lowest BCUT2D eigenvalue weighted by Crippen LogP contribution is -2.55. The predicted molar refractivity (Wildman–Crippen MR) is 84.3 cm³/mol. The van der Waals surface area contributed by atoms with Crippen LogP contribution in [0.1, 0.15) is 18.0 Å². The zero-order chi connectivity index (χ0) is 16.6. The van der Waals surface area contributed by atoms with Gasteiger partial charge in [0.15, 0.2) is 9.84 Å². The Labute approximate surface area is 135 Å². The third-order valence-corrected chi connectivity index (χ3v) is 6.17. The number of hydrogen-bond acceptors (Lipinski definition) is 4. The van der Waals surface area contributed by atoms with Gasteiger partial charge in [-0.2, -0.15) is 0 Å². The van der Waals surface area contributed by atoms with Crippen LogP contribution in [0.25, 0.3) is 0 Å². The Morgan fingerprint density at radius 1 is 1.26 bits per heavy atom. The monoisotopic (exact) mass is 334 g/mol. The largest absolute Gasteiger partial charge is 0.349 e. The maximum absolute atomic E-state index is 12.3. The van der Waals surface area contributed by atoms with Crippen LogP contribution in [-0.2, 0) is 19.4 Å². The van der Waals surface area contributed by atoms with E-state index < -0.39 is 9.84 Å². The second-order valence-corrected chi connectivity index (χ2v) is 7.93. The third-order valence-electron chi connectivity index (χ3n) is 4.36. The van der Waals surface area contributed by atoms with Gasteiger partial charge in [0.2, 0.25) is 11.8 Å². The molecule has 1 saturated heterocycles. The summed E-state index contributed by atoms with van der Waals surface area (Å²) in [5.41, 5.74) is 0.644. The van der Waals surface area contributed by atoms with E-state index in [1.165, 1.54) is 6.08 Å². The van der Waals surface area contributed by atoms with E-state index in [0.29, 0.717) is 30.0 Å². The summed E-state index contributed by atoms with van der Waals surface area (Å²) in [6.45, 7) is 4.17. The molecule has 7 heteroatoms. The quantitative estimate of drug-likeness (QED) is 0.824. The molecule has 1 unspecified atom stereocenters. The number of carbonyl (C=O) groups is 2. The number of likely N-dealkylation sites (tertiary alicyclic amines) is 1. The van der Waals surface area contributed by atoms with Crippen molar-refractivity contribution in [3.8, 4) is 0 Å². The highest BCUT2D eigenvalue weighted by molar-refractivity contribution is 7.91. The van der Waals surface area contributed by atoms with Crippen LogP contribution in [0.15, 0.2) is 41.8 Å². The molecule has 0 aliphatic carbocycles. The highest BCUT2D eigenvalue weighted by Gasteiger charge is 2.37. The number of nitrogens with one attached hydrogen (secondary N) is 1. The minimum atomic E-state index is -3.26. The Hall–Kier alpha value is -2.15. The molecule has 2 heterocycles. The van der Waals surface area contributed by atoms with Gasteiger partial charge in [-0.15, -0.1) is 0 Å². The molecule has 1 N–H and O–H groups in total. The molecule has 1 atom stereocenters. The smallest absolute Gasteiger partial charge is 0.246 e. The third kappa shape index (κ3) is 2.88. The van der Waals surface area contributed by atoms with Crippen molar-refractivity contribution in [1.82, 2.24) is 10.2 Å². The predicted octanol–water partition coefficient (Wildman–Crippen LogP) is 0.666. The number of hydrogen-bond donors (Lipinski definition) is 1. The van der Waals surface area contributed by atoms with Crippen LogP contribution in [0.2, 0.25) is 0 Å². The van der Waals surface area contributed by atoms with Gasteiger partial charge in [-0.25, -0.2) is 8.42 Å². The van der Waals surface area contributed by atoms with Crippen molar-refractivity contribution >= 4 is 21.7 Å². The van der Waals surface area contributed by atoms with Crippen molar-refractivity contribution in [2.24, 2.45) is 5.92 Å². The van der Waals surface area contributed by atoms with Gasteiger partial charge in [-0.3, -0.25) is 9.59 Å². The first-order chi connectivity index (χ1) is 10.9. The maximum atomic E-state index is 12.3. The number of amides is 2. The summed E-state index contributed by atoms with van der Waals surface area (Å²) < 4.78 is 24.2. The molecule has 23 heavy (non-hydrogen) atoms. The van der Waals surface area contributed by atoms with E-state index in [1.807, 2.05) is 0 Å². The fraction of sp³-hybridized carbons (Fsp3) is 0.375. The molecule has 0 radical (unpaired) electrons. The number of fused-ring (bicyclic) bond motifs is 1. The fourth-order valence-electron chi connectivity index (χ4n) is 2.98. The highest BCUT2D eigenvalue weighted by atomic mass is 32.2. The molecule has 2 aliphatic heterocycles. The Kier molecular flexibility index (Phi) is 3.97. The molecule has 0 bridgehead atoms. The van der Waals surface area contributed by atoms with Crippen molar-refractivity contribution in [3.05, 3.63) is 42.5 Å². The Bertz CT molecular complexity index is 766. The molecule has 1 aromatic carbocycles. The molecule has 122 valence electrons. The Morgan fingerprint density at radius 2 is 1.96 bits per heavy atom. The van der Waals surface area contributed by atoms with Crippen LogP contribution in [0.3, 0.4) is 0 Å². The average Bonchev–Trinajstić information content (AvgIpc) is 2.49. The summed E-state index contributed by atoms with van der Waals surface area (Å²) in [6.07, 6.45) is 1.60. The van der Waals surface area contributed by atoms with Crippen LogP contribution < -0.4 is 5.32 Å². The summed E-state index contributed by atoms with van der Waals surface area (Å²) in [4.78, 5) is 25.5. The molecule has 6 nitrogen and oxygen atoms in total. The summed E-state index contributed by atoms with van der Waals surface area (Å²) in [5, 5.41) is 2.93. The Balaban J connectivity index is 1.69. The topological polar surface area (TPSA) is 83.6 Å². The SMILES string of the molecule is C=CC(=O)N1CC(C(=O)NC2CCS(=O)(=O)c3ccccc32)C1. The standard InChI is InChI=1S/C16H18N2O4S/c1-2-15(19)18-9-11(10-18)16(20)17-13-7-8-23(21,22)14-6-4-3-5-12(13)14/h2-6,11,13H,1,7-10H2,(H,17,20). The first kappa shape index (κ1) is 15.7. The van der Waals surface area contributed by atoms with Crippen LogP contribution in [-0.4, -0.2) is 44.0 Å². The second-order valence-electron chi connectivity index (χ2n) is 5.85. The lowest BCUT2D eigenvalue weighted by Gasteiger charge is -2.38. The van der Waals surface area contributed by atoms with E-state index in [4.69, 9.17) is 0 Å². The van der Waals surface area contributed by atoms with Crippen molar-refractivity contribution in [2.45, 2.75) is 17.4 Å². The molecule has 2 aliphatic rings. The molecular weight excluding hydrogens is 316 g/mol. The van der Waals surface area contributed by atoms with Gasteiger partial charge < -0.3 is 10.2 Å². The summed E-state index contributed by atoms with van der Waals surface area (Å²) in [7, 11) is -3.26. The van der Waals surface area contributed by atoms with Crippen molar-refractivity contribution in [3.63, 3.8) is 0 Å². The summed E-state index contributed by atoms with van der Waals surface area (Å²) in [5.74, 6) is -0.536. The van der Waals surface area contributed by atoms with Gasteiger partial charge in [-0.05, 0) is 24.1 Å². The molecule has 0 saturated carbocycles. The van der Waals surface area contributed by atoms with E-state index in [2.05, 4.69) is 11.9 Å². The maximum Gasteiger partial charge on any atom is 0.246 e. The van der Waals surface area contributed by atoms with Gasteiger partial charge in [0.25, 0.3) is 0 Å².